The number of hydrogen-bond donors (Lipinski definition) is 2. The van der Waals surface area contributed by atoms with Crippen molar-refractivity contribution in [3.05, 3.63) is 45.4 Å². The van der Waals surface area contributed by atoms with Crippen LogP contribution in [-0.4, -0.2) is 19.5 Å². The highest BCUT2D eigenvalue weighted by molar-refractivity contribution is 7.92. The van der Waals surface area contributed by atoms with Crippen LogP contribution in [0.3, 0.4) is 0 Å². The molecule has 0 amide bonds. The molecular formula is C13H12FNO4S2. The summed E-state index contributed by atoms with van der Waals surface area (Å²) in [6.07, 6.45) is 0. The molecule has 0 fully saturated rings. The van der Waals surface area contributed by atoms with Gasteiger partial charge in [0.15, 0.2) is 0 Å². The zero-order valence-electron chi connectivity index (χ0n) is 11.2. The summed E-state index contributed by atoms with van der Waals surface area (Å²) in [6, 6.07) is 3.29. The van der Waals surface area contributed by atoms with Gasteiger partial charge in [0.25, 0.3) is 10.0 Å². The summed E-state index contributed by atoms with van der Waals surface area (Å²) in [5.41, 5.74) is 0.796. The van der Waals surface area contributed by atoms with Gasteiger partial charge in [0.05, 0.1) is 10.6 Å². The lowest BCUT2D eigenvalue weighted by Gasteiger charge is -2.11. The van der Waals surface area contributed by atoms with E-state index in [1.54, 1.807) is 12.3 Å². The largest absolute Gasteiger partial charge is 0.477 e. The predicted octanol–water partition coefficient (Wildman–Crippen LogP) is 3.00. The number of carbonyl (C=O) groups is 1. The molecule has 1 heterocycles. The van der Waals surface area contributed by atoms with Crippen LogP contribution < -0.4 is 4.72 Å². The summed E-state index contributed by atoms with van der Waals surface area (Å²) in [5, 5.41) is 10.6. The van der Waals surface area contributed by atoms with Gasteiger partial charge in [-0.05, 0) is 48.6 Å². The average Bonchev–Trinajstić information content (AvgIpc) is 2.70. The molecule has 2 rings (SSSR count). The summed E-state index contributed by atoms with van der Waals surface area (Å²) >= 11 is 0.940. The summed E-state index contributed by atoms with van der Waals surface area (Å²) in [7, 11) is -3.98. The molecule has 2 aromatic rings. The summed E-state index contributed by atoms with van der Waals surface area (Å²) in [5.74, 6) is -1.74. The second-order valence-corrected chi connectivity index (χ2v) is 6.97. The molecule has 1 aromatic carbocycles. The molecule has 0 saturated carbocycles. The second kappa shape index (κ2) is 5.45. The quantitative estimate of drug-likeness (QED) is 0.903. The van der Waals surface area contributed by atoms with Crippen molar-refractivity contribution in [3.63, 3.8) is 0 Å². The van der Waals surface area contributed by atoms with Gasteiger partial charge in [0.1, 0.15) is 10.7 Å². The van der Waals surface area contributed by atoms with Crippen LogP contribution in [0.1, 0.15) is 20.8 Å². The zero-order chi connectivity index (χ0) is 15.8. The van der Waals surface area contributed by atoms with Crippen molar-refractivity contribution in [1.29, 1.82) is 0 Å². The number of aromatic carboxylic acids is 1. The van der Waals surface area contributed by atoms with E-state index in [1.807, 2.05) is 0 Å². The van der Waals surface area contributed by atoms with Gasteiger partial charge < -0.3 is 5.11 Å². The van der Waals surface area contributed by atoms with Crippen molar-refractivity contribution in [2.45, 2.75) is 18.7 Å². The SMILES string of the molecule is Cc1cc(F)ccc1S(=O)(=O)Nc1c(C)csc1C(=O)O. The number of anilines is 1. The Labute approximate surface area is 125 Å². The smallest absolute Gasteiger partial charge is 0.348 e. The molecule has 1 aromatic heterocycles. The number of aryl methyl sites for hydroxylation is 2. The Balaban J connectivity index is 2.47. The number of carboxylic acid groups (broad SMARTS) is 1. The molecule has 5 nitrogen and oxygen atoms in total. The van der Waals surface area contributed by atoms with Crippen LogP contribution in [0.25, 0.3) is 0 Å². The monoisotopic (exact) mass is 329 g/mol. The molecule has 2 N–H and O–H groups in total. The van der Waals surface area contributed by atoms with Crippen molar-refractivity contribution in [3.8, 4) is 0 Å². The maximum Gasteiger partial charge on any atom is 0.348 e. The van der Waals surface area contributed by atoms with E-state index in [9.17, 15) is 17.6 Å². The topological polar surface area (TPSA) is 83.5 Å². The number of thiophene rings is 1. The number of hydrogen-bond acceptors (Lipinski definition) is 4. The molecular weight excluding hydrogens is 317 g/mol. The van der Waals surface area contributed by atoms with E-state index >= 15 is 0 Å². The van der Waals surface area contributed by atoms with Crippen LogP contribution >= 0.6 is 11.3 Å². The van der Waals surface area contributed by atoms with Gasteiger partial charge in [-0.15, -0.1) is 11.3 Å². The van der Waals surface area contributed by atoms with Crippen LogP contribution in [0.5, 0.6) is 0 Å². The molecule has 0 aliphatic rings. The summed E-state index contributed by atoms with van der Waals surface area (Å²) in [4.78, 5) is 10.9. The van der Waals surface area contributed by atoms with Gasteiger partial charge >= 0.3 is 5.97 Å². The number of carboxylic acids is 1. The molecule has 21 heavy (non-hydrogen) atoms. The minimum absolute atomic E-state index is 0.0382. The highest BCUT2D eigenvalue weighted by Crippen LogP contribution is 2.30. The first-order valence-corrected chi connectivity index (χ1v) is 8.19. The average molecular weight is 329 g/mol. The van der Waals surface area contributed by atoms with Crippen molar-refractivity contribution < 1.29 is 22.7 Å². The van der Waals surface area contributed by atoms with E-state index in [2.05, 4.69) is 4.72 Å². The third-order valence-electron chi connectivity index (χ3n) is 2.83. The number of nitrogens with one attached hydrogen (secondary N) is 1. The standard InChI is InChI=1S/C13H12FNO4S2/c1-7-5-9(14)3-4-10(7)21(18,19)15-11-8(2)6-20-12(11)13(16)17/h3-6,15H,1-2H3,(H,16,17). The Kier molecular flexibility index (Phi) is 4.02. The van der Waals surface area contributed by atoms with Crippen molar-refractivity contribution in [1.82, 2.24) is 0 Å². The molecule has 0 unspecified atom stereocenters. The van der Waals surface area contributed by atoms with Gasteiger partial charge in [-0.3, -0.25) is 4.72 Å². The molecule has 0 aliphatic carbocycles. The fraction of sp³-hybridized carbons (Fsp3) is 0.154. The Morgan fingerprint density at radius 2 is 1.95 bits per heavy atom. The van der Waals surface area contributed by atoms with Gasteiger partial charge in [-0.25, -0.2) is 17.6 Å². The first-order valence-electron chi connectivity index (χ1n) is 5.82. The van der Waals surface area contributed by atoms with E-state index in [0.29, 0.717) is 5.56 Å². The van der Waals surface area contributed by atoms with Gasteiger partial charge in [0.2, 0.25) is 0 Å². The third-order valence-corrected chi connectivity index (χ3v) is 5.43. The van der Waals surface area contributed by atoms with E-state index in [0.717, 1.165) is 29.5 Å². The molecule has 0 aliphatic heterocycles. The van der Waals surface area contributed by atoms with E-state index in [4.69, 9.17) is 5.11 Å². The minimum atomic E-state index is -3.98. The lowest BCUT2D eigenvalue weighted by Crippen LogP contribution is -2.16. The Morgan fingerprint density at radius 1 is 1.29 bits per heavy atom. The summed E-state index contributed by atoms with van der Waals surface area (Å²) < 4.78 is 40.0. The van der Waals surface area contributed by atoms with Crippen LogP contribution in [0, 0.1) is 19.7 Å². The Bertz CT molecular complexity index is 812. The zero-order valence-corrected chi connectivity index (χ0v) is 12.8. The lowest BCUT2D eigenvalue weighted by atomic mass is 10.2. The highest BCUT2D eigenvalue weighted by Gasteiger charge is 2.23. The minimum Gasteiger partial charge on any atom is -0.477 e. The van der Waals surface area contributed by atoms with E-state index in [-0.39, 0.29) is 21.0 Å². The van der Waals surface area contributed by atoms with Crippen molar-refractivity contribution in [2.75, 3.05) is 4.72 Å². The molecule has 8 heteroatoms. The van der Waals surface area contributed by atoms with E-state index < -0.39 is 21.8 Å². The number of benzene rings is 1. The van der Waals surface area contributed by atoms with Crippen molar-refractivity contribution in [2.24, 2.45) is 0 Å². The predicted molar refractivity (Wildman–Crippen MR) is 78.0 cm³/mol. The molecule has 0 atom stereocenters. The Morgan fingerprint density at radius 3 is 2.52 bits per heavy atom. The van der Waals surface area contributed by atoms with Crippen molar-refractivity contribution >= 4 is 33.0 Å². The molecule has 0 spiro atoms. The lowest BCUT2D eigenvalue weighted by molar-refractivity contribution is 0.0703. The maximum atomic E-state index is 13.1. The fourth-order valence-electron chi connectivity index (χ4n) is 1.83. The van der Waals surface area contributed by atoms with Crippen LogP contribution in [0.4, 0.5) is 10.1 Å². The number of halogens is 1. The molecule has 112 valence electrons. The van der Waals surface area contributed by atoms with Crippen LogP contribution in [0.15, 0.2) is 28.5 Å². The second-order valence-electron chi connectivity index (χ2n) is 4.44. The first kappa shape index (κ1) is 15.5. The number of sulfonamides is 1. The summed E-state index contributed by atoms with van der Waals surface area (Å²) in [6.45, 7) is 3.08. The van der Waals surface area contributed by atoms with Gasteiger partial charge in [-0.1, -0.05) is 0 Å². The van der Waals surface area contributed by atoms with Crippen LogP contribution in [-0.2, 0) is 10.0 Å². The Hall–Kier alpha value is -1.93. The fourth-order valence-corrected chi connectivity index (χ4v) is 4.11. The number of rotatable bonds is 4. The highest BCUT2D eigenvalue weighted by atomic mass is 32.2. The van der Waals surface area contributed by atoms with Crippen LogP contribution in [0.2, 0.25) is 0 Å². The van der Waals surface area contributed by atoms with E-state index in [1.165, 1.54) is 6.92 Å². The molecule has 0 saturated heterocycles. The van der Waals surface area contributed by atoms with Gasteiger partial charge in [-0.2, -0.15) is 0 Å². The molecule has 0 bridgehead atoms. The van der Waals surface area contributed by atoms with Gasteiger partial charge in [0, 0.05) is 0 Å². The normalized spacial score (nSPS) is 11.4. The first-order chi connectivity index (χ1) is 9.72. The molecule has 0 radical (unpaired) electrons. The third kappa shape index (κ3) is 3.06. The maximum absolute atomic E-state index is 13.1.